The summed E-state index contributed by atoms with van der Waals surface area (Å²) in [5, 5.41) is 11.2. The fourth-order valence-electron chi connectivity index (χ4n) is 5.52. The van der Waals surface area contributed by atoms with Crippen molar-refractivity contribution in [2.75, 3.05) is 13.1 Å². The standard InChI is InChI=1S/C19H23NOS/c1-2-12-7-11-8-16-18(12)20(10-11)6-5-14-15-9-13(21)3-4-17(15)22-19(14)16/h3-4,9,11-12,16,18,21H,2,5-8,10H2,1H3. The molecule has 116 valence electrons. The van der Waals surface area contributed by atoms with Gasteiger partial charge in [-0.3, -0.25) is 4.90 Å². The Morgan fingerprint density at radius 1 is 1.32 bits per heavy atom. The average molecular weight is 313 g/mol. The van der Waals surface area contributed by atoms with Crippen LogP contribution in [0.4, 0.5) is 0 Å². The van der Waals surface area contributed by atoms with Gasteiger partial charge in [-0.25, -0.2) is 0 Å². The van der Waals surface area contributed by atoms with E-state index in [1.54, 1.807) is 10.4 Å². The van der Waals surface area contributed by atoms with Gasteiger partial charge in [0, 0.05) is 34.6 Å². The number of nitrogens with zero attached hydrogens (tertiary/aromatic N) is 1. The van der Waals surface area contributed by atoms with Crippen LogP contribution in [0.2, 0.25) is 0 Å². The molecule has 3 heteroatoms. The lowest BCUT2D eigenvalue weighted by molar-refractivity contribution is -0.0118. The summed E-state index contributed by atoms with van der Waals surface area (Å²) in [6.07, 6.45) is 5.34. The lowest BCUT2D eigenvalue weighted by Gasteiger charge is -2.53. The van der Waals surface area contributed by atoms with Crippen molar-refractivity contribution < 1.29 is 5.11 Å². The number of hydrogen-bond donors (Lipinski definition) is 1. The topological polar surface area (TPSA) is 23.5 Å². The number of aromatic hydroxyl groups is 1. The zero-order valence-corrected chi connectivity index (χ0v) is 13.9. The first-order valence-electron chi connectivity index (χ1n) is 8.73. The van der Waals surface area contributed by atoms with Crippen LogP contribution < -0.4 is 0 Å². The minimum Gasteiger partial charge on any atom is -0.508 e. The molecule has 1 aromatic carbocycles. The van der Waals surface area contributed by atoms with Crippen LogP contribution in [0.3, 0.4) is 0 Å². The number of piperidine rings is 2. The van der Waals surface area contributed by atoms with E-state index >= 15 is 0 Å². The first-order chi connectivity index (χ1) is 10.7. The summed E-state index contributed by atoms with van der Waals surface area (Å²) in [6.45, 7) is 4.92. The highest BCUT2D eigenvalue weighted by Crippen LogP contribution is 2.53. The molecule has 1 N–H and O–H groups in total. The van der Waals surface area contributed by atoms with Crippen LogP contribution in [-0.4, -0.2) is 29.1 Å². The highest BCUT2D eigenvalue weighted by atomic mass is 32.1. The second-order valence-electron chi connectivity index (χ2n) is 7.47. The Morgan fingerprint density at radius 2 is 2.23 bits per heavy atom. The van der Waals surface area contributed by atoms with Crippen LogP contribution in [0, 0.1) is 11.8 Å². The van der Waals surface area contributed by atoms with Crippen molar-refractivity contribution in [3.8, 4) is 5.75 Å². The van der Waals surface area contributed by atoms with Gasteiger partial charge in [-0.2, -0.15) is 0 Å². The van der Waals surface area contributed by atoms with Crippen molar-refractivity contribution >= 4 is 21.4 Å². The van der Waals surface area contributed by atoms with Crippen molar-refractivity contribution in [3.05, 3.63) is 28.6 Å². The molecule has 5 atom stereocenters. The molecule has 1 aliphatic carbocycles. The third-order valence-electron chi connectivity index (χ3n) is 6.35. The molecule has 6 rings (SSSR count). The molecule has 4 bridgehead atoms. The van der Waals surface area contributed by atoms with E-state index in [4.69, 9.17) is 0 Å². The van der Waals surface area contributed by atoms with E-state index in [9.17, 15) is 5.11 Å². The number of fused-ring (bicyclic) bond motifs is 4. The predicted molar refractivity (Wildman–Crippen MR) is 91.8 cm³/mol. The van der Waals surface area contributed by atoms with E-state index in [-0.39, 0.29) is 0 Å². The Morgan fingerprint density at radius 3 is 3.09 bits per heavy atom. The summed E-state index contributed by atoms with van der Waals surface area (Å²) in [5.74, 6) is 2.95. The zero-order valence-electron chi connectivity index (χ0n) is 13.1. The van der Waals surface area contributed by atoms with Crippen molar-refractivity contribution in [2.24, 2.45) is 11.8 Å². The predicted octanol–water partition coefficient (Wildman–Crippen LogP) is 4.37. The Kier molecular flexibility index (Phi) is 2.87. The summed E-state index contributed by atoms with van der Waals surface area (Å²) in [5.41, 5.74) is 1.55. The SMILES string of the molecule is CCC1CC2CC3c4sc5ccc(O)cc5c4CCN(C2)C13. The lowest BCUT2D eigenvalue weighted by atomic mass is 9.66. The fourth-order valence-corrected chi connectivity index (χ4v) is 6.91. The van der Waals surface area contributed by atoms with Gasteiger partial charge in [0.2, 0.25) is 0 Å². The van der Waals surface area contributed by atoms with Gasteiger partial charge in [0.1, 0.15) is 5.75 Å². The van der Waals surface area contributed by atoms with E-state index in [1.165, 1.54) is 42.4 Å². The van der Waals surface area contributed by atoms with Gasteiger partial charge in [-0.1, -0.05) is 13.3 Å². The summed E-state index contributed by atoms with van der Waals surface area (Å²) in [6, 6.07) is 6.72. The maximum Gasteiger partial charge on any atom is 0.116 e. The molecule has 4 heterocycles. The molecular formula is C19H23NOS. The smallest absolute Gasteiger partial charge is 0.116 e. The summed E-state index contributed by atoms with van der Waals surface area (Å²) >= 11 is 2.00. The number of phenols is 1. The maximum absolute atomic E-state index is 9.89. The molecule has 3 fully saturated rings. The third kappa shape index (κ3) is 1.75. The van der Waals surface area contributed by atoms with Gasteiger partial charge < -0.3 is 5.11 Å². The molecule has 0 amide bonds. The lowest BCUT2D eigenvalue weighted by Crippen LogP contribution is -2.55. The molecule has 2 nitrogen and oxygen atoms in total. The highest BCUT2D eigenvalue weighted by molar-refractivity contribution is 7.19. The average Bonchev–Trinajstić information content (AvgIpc) is 2.85. The second-order valence-corrected chi connectivity index (χ2v) is 8.56. The van der Waals surface area contributed by atoms with E-state index in [0.717, 1.165) is 30.2 Å². The zero-order chi connectivity index (χ0) is 14.8. The van der Waals surface area contributed by atoms with Crippen LogP contribution >= 0.6 is 11.3 Å². The normalized spacial score (nSPS) is 36.3. The van der Waals surface area contributed by atoms with Crippen molar-refractivity contribution in [1.29, 1.82) is 0 Å². The summed E-state index contributed by atoms with van der Waals surface area (Å²) < 4.78 is 1.37. The third-order valence-corrected chi connectivity index (χ3v) is 7.69. The molecule has 4 aliphatic rings. The minimum absolute atomic E-state index is 0.411. The minimum atomic E-state index is 0.411. The van der Waals surface area contributed by atoms with Crippen LogP contribution in [0.1, 0.15) is 42.5 Å². The Bertz CT molecular complexity index is 736. The van der Waals surface area contributed by atoms with Crippen LogP contribution in [0.5, 0.6) is 5.75 Å². The summed E-state index contributed by atoms with van der Waals surface area (Å²) in [7, 11) is 0. The highest BCUT2D eigenvalue weighted by Gasteiger charge is 2.48. The van der Waals surface area contributed by atoms with Gasteiger partial charge in [-0.05, 0) is 60.2 Å². The maximum atomic E-state index is 9.89. The largest absolute Gasteiger partial charge is 0.508 e. The van der Waals surface area contributed by atoms with Gasteiger partial charge in [0.15, 0.2) is 0 Å². The van der Waals surface area contributed by atoms with Gasteiger partial charge in [0.05, 0.1) is 0 Å². The van der Waals surface area contributed by atoms with Crippen LogP contribution in [0.15, 0.2) is 18.2 Å². The Labute approximate surface area is 135 Å². The molecule has 2 saturated heterocycles. The first kappa shape index (κ1) is 13.4. The van der Waals surface area contributed by atoms with Crippen molar-refractivity contribution in [2.45, 2.75) is 44.6 Å². The van der Waals surface area contributed by atoms with Gasteiger partial charge >= 0.3 is 0 Å². The second kappa shape index (κ2) is 4.72. The molecule has 0 radical (unpaired) electrons. The molecule has 0 spiro atoms. The van der Waals surface area contributed by atoms with E-state index < -0.39 is 0 Å². The number of hydrogen-bond acceptors (Lipinski definition) is 3. The molecule has 22 heavy (non-hydrogen) atoms. The number of thiophene rings is 1. The molecule has 3 aliphatic heterocycles. The number of benzene rings is 1. The Hall–Kier alpha value is -1.06. The van der Waals surface area contributed by atoms with E-state index in [2.05, 4.69) is 17.9 Å². The summed E-state index contributed by atoms with van der Waals surface area (Å²) in [4.78, 5) is 4.45. The van der Waals surface area contributed by atoms with Crippen LogP contribution in [-0.2, 0) is 6.42 Å². The number of rotatable bonds is 1. The quantitative estimate of drug-likeness (QED) is 0.845. The first-order valence-corrected chi connectivity index (χ1v) is 9.54. The van der Waals surface area contributed by atoms with Gasteiger partial charge in [-0.15, -0.1) is 11.3 Å². The van der Waals surface area contributed by atoms with Crippen molar-refractivity contribution in [1.82, 2.24) is 4.90 Å². The molecule has 1 aromatic heterocycles. The van der Waals surface area contributed by atoms with Crippen molar-refractivity contribution in [3.63, 3.8) is 0 Å². The van der Waals surface area contributed by atoms with E-state index in [0.29, 0.717) is 5.75 Å². The molecule has 5 unspecified atom stereocenters. The number of phenolic OH excluding ortho intramolecular Hbond substituents is 1. The van der Waals surface area contributed by atoms with Gasteiger partial charge in [0.25, 0.3) is 0 Å². The molecule has 2 aromatic rings. The monoisotopic (exact) mass is 313 g/mol. The molecule has 1 saturated carbocycles. The molecular weight excluding hydrogens is 290 g/mol. The van der Waals surface area contributed by atoms with Crippen LogP contribution in [0.25, 0.3) is 10.1 Å². The Balaban J connectivity index is 1.69. The fraction of sp³-hybridized carbons (Fsp3) is 0.579. The van der Waals surface area contributed by atoms with E-state index in [1.807, 2.05) is 23.5 Å².